The summed E-state index contributed by atoms with van der Waals surface area (Å²) in [6.07, 6.45) is 10.8. The lowest BCUT2D eigenvalue weighted by Gasteiger charge is -2.57. The Morgan fingerprint density at radius 1 is 1.17 bits per heavy atom. The molecular formula is C26H34O4. The molecule has 1 heterocycles. The molecule has 5 aliphatic rings. The number of hydrogen-bond donors (Lipinski definition) is 0. The van der Waals surface area contributed by atoms with Crippen LogP contribution in [0.2, 0.25) is 0 Å². The van der Waals surface area contributed by atoms with Gasteiger partial charge in [-0.05, 0) is 91.1 Å². The molecule has 0 saturated heterocycles. The van der Waals surface area contributed by atoms with Gasteiger partial charge in [-0.2, -0.15) is 0 Å². The lowest BCUT2D eigenvalue weighted by atomic mass is 9.47. The monoisotopic (exact) mass is 410 g/mol. The zero-order valence-corrected chi connectivity index (χ0v) is 18.6. The number of rotatable bonds is 3. The number of hydrogen-bond acceptors (Lipinski definition) is 4. The summed E-state index contributed by atoms with van der Waals surface area (Å²) in [4.78, 5) is 12.2. The van der Waals surface area contributed by atoms with Crippen LogP contribution in [0.1, 0.15) is 75.8 Å². The van der Waals surface area contributed by atoms with Gasteiger partial charge in [0.05, 0.1) is 7.11 Å². The number of fused-ring (bicyclic) bond motifs is 5. The SMILES string of the molecule is CC[C@@]12CCC3(C[C@H]1C=O)[C@@H]1CCc4cc(OC)c5c(c4[C@H]1CC[C@@]32C)OCCO5. The first-order chi connectivity index (χ1) is 14.5. The van der Waals surface area contributed by atoms with E-state index in [-0.39, 0.29) is 11.3 Å². The number of aldehydes is 1. The predicted octanol–water partition coefficient (Wildman–Crippen LogP) is 5.31. The standard InChI is InChI=1S/C26H34O4/c1-4-25-9-10-26(14-17(25)15-27)19-6-5-16-13-20(28-3)22-23(30-12-11-29-22)21(16)18(19)7-8-24(25,26)2/h13,15,17-19H,4-12,14H2,1-3H3/t17-,18-,19+,24+,25+,26?/m0/s1. The summed E-state index contributed by atoms with van der Waals surface area (Å²) >= 11 is 0. The van der Waals surface area contributed by atoms with Gasteiger partial charge in [0.25, 0.3) is 0 Å². The number of ether oxygens (including phenoxy) is 3. The number of carbonyl (C=O) groups is 1. The Hall–Kier alpha value is -1.71. The van der Waals surface area contributed by atoms with Crippen molar-refractivity contribution in [2.24, 2.45) is 28.1 Å². The fourth-order valence-corrected chi connectivity index (χ4v) is 9.43. The lowest BCUT2D eigenvalue weighted by Crippen LogP contribution is -2.50. The minimum atomic E-state index is 0.221. The summed E-state index contributed by atoms with van der Waals surface area (Å²) in [6, 6.07) is 2.21. The highest BCUT2D eigenvalue weighted by molar-refractivity contribution is 5.63. The Balaban J connectivity index is 1.49. The molecule has 0 N–H and O–H groups in total. The van der Waals surface area contributed by atoms with Crippen LogP contribution >= 0.6 is 0 Å². The van der Waals surface area contributed by atoms with E-state index < -0.39 is 0 Å². The molecule has 4 heteroatoms. The van der Waals surface area contributed by atoms with E-state index in [9.17, 15) is 4.79 Å². The topological polar surface area (TPSA) is 44.8 Å². The quantitative estimate of drug-likeness (QED) is 0.634. The summed E-state index contributed by atoms with van der Waals surface area (Å²) in [6.45, 7) is 6.08. The van der Waals surface area contributed by atoms with E-state index >= 15 is 0 Å². The van der Waals surface area contributed by atoms with Gasteiger partial charge < -0.3 is 19.0 Å². The van der Waals surface area contributed by atoms with Crippen molar-refractivity contribution in [1.29, 1.82) is 0 Å². The van der Waals surface area contributed by atoms with Crippen LogP contribution in [0.25, 0.3) is 0 Å². The van der Waals surface area contributed by atoms with Crippen LogP contribution in [0.4, 0.5) is 0 Å². The highest BCUT2D eigenvalue weighted by atomic mass is 16.6. The van der Waals surface area contributed by atoms with Crippen molar-refractivity contribution >= 4 is 6.29 Å². The van der Waals surface area contributed by atoms with Crippen LogP contribution in [-0.4, -0.2) is 26.6 Å². The molecule has 6 atom stereocenters. The van der Waals surface area contributed by atoms with Gasteiger partial charge in [0.15, 0.2) is 11.5 Å². The molecule has 30 heavy (non-hydrogen) atoms. The Labute approximate surface area is 179 Å². The van der Waals surface area contributed by atoms with Gasteiger partial charge in [0.1, 0.15) is 19.5 Å². The molecule has 2 bridgehead atoms. The van der Waals surface area contributed by atoms with Crippen LogP contribution in [0.15, 0.2) is 6.07 Å². The van der Waals surface area contributed by atoms with Crippen LogP contribution in [-0.2, 0) is 11.2 Å². The average Bonchev–Trinajstić information content (AvgIpc) is 3.19. The van der Waals surface area contributed by atoms with Crippen LogP contribution in [0.3, 0.4) is 0 Å². The van der Waals surface area contributed by atoms with Crippen molar-refractivity contribution in [2.75, 3.05) is 20.3 Å². The Morgan fingerprint density at radius 3 is 2.70 bits per heavy atom. The van der Waals surface area contributed by atoms with Crippen molar-refractivity contribution in [3.63, 3.8) is 0 Å². The normalized spacial score (nSPS) is 42.8. The van der Waals surface area contributed by atoms with E-state index in [0.29, 0.717) is 35.9 Å². The first kappa shape index (κ1) is 19.0. The van der Waals surface area contributed by atoms with Crippen molar-refractivity contribution in [1.82, 2.24) is 0 Å². The van der Waals surface area contributed by atoms with Crippen molar-refractivity contribution in [3.05, 3.63) is 17.2 Å². The summed E-state index contributed by atoms with van der Waals surface area (Å²) in [5.41, 5.74) is 3.61. The summed E-state index contributed by atoms with van der Waals surface area (Å²) in [7, 11) is 1.72. The largest absolute Gasteiger partial charge is 0.493 e. The summed E-state index contributed by atoms with van der Waals surface area (Å²) in [5, 5.41) is 0. The Morgan fingerprint density at radius 2 is 1.97 bits per heavy atom. The molecule has 3 saturated carbocycles. The third-order valence-corrected chi connectivity index (χ3v) is 10.7. The van der Waals surface area contributed by atoms with Gasteiger partial charge in [-0.15, -0.1) is 0 Å². The number of carbonyl (C=O) groups excluding carboxylic acids is 1. The summed E-state index contributed by atoms with van der Waals surface area (Å²) < 4.78 is 17.9. The van der Waals surface area contributed by atoms with E-state index in [0.717, 1.165) is 36.5 Å². The van der Waals surface area contributed by atoms with E-state index in [1.54, 1.807) is 7.11 Å². The molecule has 1 aromatic carbocycles. The van der Waals surface area contributed by atoms with Crippen LogP contribution < -0.4 is 14.2 Å². The molecule has 1 aromatic rings. The second-order valence-corrected chi connectivity index (χ2v) is 10.7. The first-order valence-electron chi connectivity index (χ1n) is 12.0. The summed E-state index contributed by atoms with van der Waals surface area (Å²) in [5.74, 6) is 3.97. The second-order valence-electron chi connectivity index (χ2n) is 10.7. The van der Waals surface area contributed by atoms with Crippen LogP contribution in [0, 0.1) is 28.1 Å². The van der Waals surface area contributed by atoms with E-state index in [1.165, 1.54) is 49.5 Å². The molecule has 3 fully saturated rings. The van der Waals surface area contributed by atoms with Gasteiger partial charge in [-0.1, -0.05) is 13.8 Å². The molecule has 1 unspecified atom stereocenters. The molecule has 162 valence electrons. The van der Waals surface area contributed by atoms with E-state index in [1.807, 2.05) is 0 Å². The van der Waals surface area contributed by atoms with Gasteiger partial charge in [0.2, 0.25) is 5.75 Å². The average molecular weight is 411 g/mol. The zero-order valence-electron chi connectivity index (χ0n) is 18.6. The predicted molar refractivity (Wildman–Crippen MR) is 114 cm³/mol. The van der Waals surface area contributed by atoms with Gasteiger partial charge in [-0.3, -0.25) is 0 Å². The number of methoxy groups -OCH3 is 1. The maximum absolute atomic E-state index is 12.2. The zero-order chi connectivity index (χ0) is 20.7. The van der Waals surface area contributed by atoms with Crippen molar-refractivity contribution in [3.8, 4) is 17.2 Å². The number of benzene rings is 1. The molecule has 1 aliphatic heterocycles. The maximum Gasteiger partial charge on any atom is 0.204 e. The molecule has 0 amide bonds. The Kier molecular flexibility index (Phi) is 3.91. The first-order valence-corrected chi connectivity index (χ1v) is 12.0. The van der Waals surface area contributed by atoms with Crippen LogP contribution in [0.5, 0.6) is 17.2 Å². The molecular weight excluding hydrogens is 376 g/mol. The molecule has 0 spiro atoms. The fraction of sp³-hybridized carbons (Fsp3) is 0.731. The van der Waals surface area contributed by atoms with Gasteiger partial charge in [0, 0.05) is 11.5 Å². The number of aryl methyl sites for hydroxylation is 1. The van der Waals surface area contributed by atoms with Crippen molar-refractivity contribution < 1.29 is 19.0 Å². The minimum absolute atomic E-state index is 0.221. The van der Waals surface area contributed by atoms with Gasteiger partial charge >= 0.3 is 0 Å². The third kappa shape index (κ3) is 1.93. The molecule has 6 rings (SSSR count). The molecule has 0 aromatic heterocycles. The Bertz CT molecular complexity index is 909. The molecule has 4 nitrogen and oxygen atoms in total. The maximum atomic E-state index is 12.2. The smallest absolute Gasteiger partial charge is 0.204 e. The lowest BCUT2D eigenvalue weighted by molar-refractivity contribution is -0.116. The molecule has 0 radical (unpaired) electrons. The van der Waals surface area contributed by atoms with E-state index in [4.69, 9.17) is 14.2 Å². The van der Waals surface area contributed by atoms with Crippen molar-refractivity contribution in [2.45, 2.75) is 71.1 Å². The third-order valence-electron chi connectivity index (χ3n) is 10.7. The highest BCUT2D eigenvalue weighted by Gasteiger charge is 2.75. The highest BCUT2D eigenvalue weighted by Crippen LogP contribution is 2.83. The minimum Gasteiger partial charge on any atom is -0.493 e. The fourth-order valence-electron chi connectivity index (χ4n) is 9.43. The molecule has 4 aliphatic carbocycles. The van der Waals surface area contributed by atoms with Gasteiger partial charge in [-0.25, -0.2) is 0 Å². The van der Waals surface area contributed by atoms with E-state index in [2.05, 4.69) is 19.9 Å². The second kappa shape index (κ2) is 6.17.